The maximum absolute atomic E-state index is 8.48. The van der Waals surface area contributed by atoms with Gasteiger partial charge < -0.3 is 14.6 Å². The molecule has 0 aliphatic rings. The Morgan fingerprint density at radius 2 is 1.19 bits per heavy atom. The van der Waals surface area contributed by atoms with Crippen LogP contribution in [-0.4, -0.2) is 38.1 Å². The van der Waals surface area contributed by atoms with Crippen LogP contribution in [0.25, 0.3) is 0 Å². The molecule has 0 radical (unpaired) electrons. The summed E-state index contributed by atoms with van der Waals surface area (Å²) in [5.74, 6) is 0. The van der Waals surface area contributed by atoms with Crippen molar-refractivity contribution < 1.29 is 14.6 Å². The van der Waals surface area contributed by atoms with E-state index >= 15 is 0 Å². The molecule has 0 spiro atoms. The Hall–Kier alpha value is -0.120. The molecule has 98 valence electrons. The van der Waals surface area contributed by atoms with Crippen LogP contribution < -0.4 is 0 Å². The fourth-order valence-electron chi connectivity index (χ4n) is 1.48. The average molecular weight is 232 g/mol. The Kier molecular flexibility index (Phi) is 14.8. The molecule has 0 aromatic rings. The highest BCUT2D eigenvalue weighted by Crippen LogP contribution is 2.02. The summed E-state index contributed by atoms with van der Waals surface area (Å²) in [5.41, 5.74) is 0. The molecule has 0 rings (SSSR count). The number of hydrogen-bond donors (Lipinski definition) is 1. The van der Waals surface area contributed by atoms with Gasteiger partial charge in [-0.1, -0.05) is 32.6 Å². The SMILES string of the molecule is CCCCCCCOCCCCOCCO. The minimum atomic E-state index is 0.119. The van der Waals surface area contributed by atoms with Gasteiger partial charge in [-0.05, 0) is 19.3 Å². The van der Waals surface area contributed by atoms with Crippen molar-refractivity contribution in [3.8, 4) is 0 Å². The zero-order valence-electron chi connectivity index (χ0n) is 10.7. The summed E-state index contributed by atoms with van der Waals surface area (Å²) in [5, 5.41) is 8.48. The van der Waals surface area contributed by atoms with Gasteiger partial charge in [0, 0.05) is 19.8 Å². The lowest BCUT2D eigenvalue weighted by Gasteiger charge is -2.04. The standard InChI is InChI=1S/C13H28O3/c1-2-3-4-5-6-10-15-11-7-8-12-16-13-9-14/h14H,2-13H2,1H3. The fourth-order valence-corrected chi connectivity index (χ4v) is 1.48. The van der Waals surface area contributed by atoms with Gasteiger partial charge in [-0.25, -0.2) is 0 Å². The van der Waals surface area contributed by atoms with Crippen LogP contribution in [0.1, 0.15) is 51.9 Å². The van der Waals surface area contributed by atoms with Crippen LogP contribution in [0.2, 0.25) is 0 Å². The zero-order valence-corrected chi connectivity index (χ0v) is 10.7. The Labute approximate surface area is 100 Å². The second kappa shape index (κ2) is 14.9. The Bertz CT molecular complexity index is 104. The van der Waals surface area contributed by atoms with E-state index in [9.17, 15) is 0 Å². The second-order valence-corrected chi connectivity index (χ2v) is 4.07. The molecule has 0 saturated heterocycles. The lowest BCUT2D eigenvalue weighted by Crippen LogP contribution is -2.03. The van der Waals surface area contributed by atoms with Crippen molar-refractivity contribution >= 4 is 0 Å². The molecule has 0 bridgehead atoms. The molecule has 0 heterocycles. The molecule has 0 atom stereocenters. The third-order valence-electron chi connectivity index (χ3n) is 2.46. The summed E-state index contributed by atoms with van der Waals surface area (Å²) < 4.78 is 10.7. The van der Waals surface area contributed by atoms with Crippen LogP contribution in [0.4, 0.5) is 0 Å². The molecular formula is C13H28O3. The number of hydrogen-bond acceptors (Lipinski definition) is 3. The monoisotopic (exact) mass is 232 g/mol. The average Bonchev–Trinajstić information content (AvgIpc) is 2.31. The largest absolute Gasteiger partial charge is 0.394 e. The van der Waals surface area contributed by atoms with E-state index in [0.29, 0.717) is 6.61 Å². The van der Waals surface area contributed by atoms with Gasteiger partial charge in [0.05, 0.1) is 13.2 Å². The van der Waals surface area contributed by atoms with E-state index in [1.807, 2.05) is 0 Å². The fraction of sp³-hybridized carbons (Fsp3) is 1.00. The molecule has 0 aliphatic heterocycles. The molecule has 0 fully saturated rings. The number of aliphatic hydroxyl groups excluding tert-OH is 1. The Morgan fingerprint density at radius 1 is 0.688 bits per heavy atom. The lowest BCUT2D eigenvalue weighted by atomic mass is 10.2. The van der Waals surface area contributed by atoms with Crippen LogP contribution in [0.5, 0.6) is 0 Å². The predicted molar refractivity (Wildman–Crippen MR) is 66.7 cm³/mol. The van der Waals surface area contributed by atoms with E-state index < -0.39 is 0 Å². The number of ether oxygens (including phenoxy) is 2. The van der Waals surface area contributed by atoms with Gasteiger partial charge in [-0.2, -0.15) is 0 Å². The Balaban J connectivity index is 2.83. The maximum Gasteiger partial charge on any atom is 0.0697 e. The van der Waals surface area contributed by atoms with Gasteiger partial charge in [0.1, 0.15) is 0 Å². The predicted octanol–water partition coefficient (Wildman–Crippen LogP) is 2.76. The molecule has 0 amide bonds. The molecular weight excluding hydrogens is 204 g/mol. The van der Waals surface area contributed by atoms with Crippen LogP contribution in [-0.2, 0) is 9.47 Å². The van der Waals surface area contributed by atoms with Gasteiger partial charge in [-0.15, -0.1) is 0 Å². The van der Waals surface area contributed by atoms with Crippen molar-refractivity contribution in [2.45, 2.75) is 51.9 Å². The van der Waals surface area contributed by atoms with E-state index in [-0.39, 0.29) is 6.61 Å². The molecule has 0 aromatic carbocycles. The lowest BCUT2D eigenvalue weighted by molar-refractivity contribution is 0.0787. The second-order valence-electron chi connectivity index (χ2n) is 4.07. The first kappa shape index (κ1) is 15.9. The summed E-state index contributed by atoms with van der Waals surface area (Å²) in [6, 6.07) is 0. The van der Waals surface area contributed by atoms with Crippen molar-refractivity contribution in [2.75, 3.05) is 33.0 Å². The highest BCUT2D eigenvalue weighted by molar-refractivity contribution is 4.43. The van der Waals surface area contributed by atoms with Gasteiger partial charge in [0.25, 0.3) is 0 Å². The summed E-state index contributed by atoms with van der Waals surface area (Å²) >= 11 is 0. The van der Waals surface area contributed by atoms with Crippen molar-refractivity contribution in [3.63, 3.8) is 0 Å². The summed E-state index contributed by atoms with van der Waals surface area (Å²) in [6.45, 7) is 5.29. The first-order valence-electron chi connectivity index (χ1n) is 6.68. The van der Waals surface area contributed by atoms with E-state index in [0.717, 1.165) is 32.7 Å². The number of unbranched alkanes of at least 4 members (excludes halogenated alkanes) is 5. The van der Waals surface area contributed by atoms with Crippen molar-refractivity contribution in [1.29, 1.82) is 0 Å². The molecule has 3 nitrogen and oxygen atoms in total. The van der Waals surface area contributed by atoms with E-state index in [4.69, 9.17) is 14.6 Å². The minimum Gasteiger partial charge on any atom is -0.394 e. The first-order chi connectivity index (χ1) is 7.91. The van der Waals surface area contributed by atoms with Crippen LogP contribution in [0.3, 0.4) is 0 Å². The van der Waals surface area contributed by atoms with Crippen molar-refractivity contribution in [3.05, 3.63) is 0 Å². The minimum absolute atomic E-state index is 0.119. The smallest absolute Gasteiger partial charge is 0.0697 e. The van der Waals surface area contributed by atoms with E-state index in [1.54, 1.807) is 0 Å². The molecule has 3 heteroatoms. The highest BCUT2D eigenvalue weighted by Gasteiger charge is 1.92. The summed E-state index contributed by atoms with van der Waals surface area (Å²) in [6.07, 6.45) is 8.57. The zero-order chi connectivity index (χ0) is 11.9. The molecule has 0 aromatic heterocycles. The van der Waals surface area contributed by atoms with Gasteiger partial charge in [-0.3, -0.25) is 0 Å². The van der Waals surface area contributed by atoms with Gasteiger partial charge >= 0.3 is 0 Å². The van der Waals surface area contributed by atoms with Crippen molar-refractivity contribution in [2.24, 2.45) is 0 Å². The molecule has 0 aliphatic carbocycles. The third kappa shape index (κ3) is 13.9. The molecule has 16 heavy (non-hydrogen) atoms. The molecule has 0 unspecified atom stereocenters. The normalized spacial score (nSPS) is 10.9. The highest BCUT2D eigenvalue weighted by atomic mass is 16.5. The Morgan fingerprint density at radius 3 is 1.75 bits per heavy atom. The van der Waals surface area contributed by atoms with E-state index in [1.165, 1.54) is 32.1 Å². The van der Waals surface area contributed by atoms with Crippen molar-refractivity contribution in [1.82, 2.24) is 0 Å². The third-order valence-corrected chi connectivity index (χ3v) is 2.46. The topological polar surface area (TPSA) is 38.7 Å². The van der Waals surface area contributed by atoms with Crippen LogP contribution >= 0.6 is 0 Å². The number of rotatable bonds is 13. The van der Waals surface area contributed by atoms with Gasteiger partial charge in [0.15, 0.2) is 0 Å². The summed E-state index contributed by atoms with van der Waals surface area (Å²) in [4.78, 5) is 0. The van der Waals surface area contributed by atoms with Crippen LogP contribution in [0, 0.1) is 0 Å². The quantitative estimate of drug-likeness (QED) is 0.496. The van der Waals surface area contributed by atoms with Crippen LogP contribution in [0.15, 0.2) is 0 Å². The first-order valence-corrected chi connectivity index (χ1v) is 6.68. The van der Waals surface area contributed by atoms with Gasteiger partial charge in [0.2, 0.25) is 0 Å². The molecule has 0 saturated carbocycles. The van der Waals surface area contributed by atoms with E-state index in [2.05, 4.69) is 6.92 Å². The molecule has 1 N–H and O–H groups in total. The number of aliphatic hydroxyl groups is 1. The summed E-state index contributed by atoms with van der Waals surface area (Å²) in [7, 11) is 0. The maximum atomic E-state index is 8.48.